The molecule has 0 atom stereocenters. The minimum absolute atomic E-state index is 0.127. The normalized spacial score (nSPS) is 10.8. The molecule has 0 unspecified atom stereocenters. The van der Waals surface area contributed by atoms with Gasteiger partial charge in [-0.2, -0.15) is 0 Å². The second kappa shape index (κ2) is 5.85. The number of phenols is 8. The van der Waals surface area contributed by atoms with Gasteiger partial charge in [0.1, 0.15) is 34.5 Å². The molecule has 3 aromatic carbocycles. The lowest BCUT2D eigenvalue weighted by Crippen LogP contribution is -1.90. The van der Waals surface area contributed by atoms with Crippen LogP contribution in [0.5, 0.6) is 46.0 Å². The molecule has 8 N–H and O–H groups in total. The second-order valence-corrected chi connectivity index (χ2v) is 5.61. The molecule has 0 bridgehead atoms. The molecule has 0 amide bonds. The van der Waals surface area contributed by atoms with Crippen LogP contribution in [0.3, 0.4) is 0 Å². The van der Waals surface area contributed by atoms with Crippen LogP contribution < -0.4 is 0 Å². The van der Waals surface area contributed by atoms with Crippen LogP contribution in [0.4, 0.5) is 0 Å². The second-order valence-electron chi connectivity index (χ2n) is 5.61. The highest BCUT2D eigenvalue weighted by molar-refractivity contribution is 5.95. The number of hydrogen-bond acceptors (Lipinski definition) is 8. The number of hydrogen-bond donors (Lipinski definition) is 8. The van der Waals surface area contributed by atoms with Crippen molar-refractivity contribution < 1.29 is 40.9 Å². The van der Waals surface area contributed by atoms with E-state index in [1.54, 1.807) is 0 Å². The van der Waals surface area contributed by atoms with Crippen LogP contribution in [0.2, 0.25) is 0 Å². The van der Waals surface area contributed by atoms with Crippen LogP contribution in [0.25, 0.3) is 22.3 Å². The fourth-order valence-corrected chi connectivity index (χ4v) is 2.76. The average Bonchev–Trinajstić information content (AvgIpc) is 2.50. The van der Waals surface area contributed by atoms with Gasteiger partial charge in [-0.1, -0.05) is 0 Å². The molecule has 0 aliphatic heterocycles. The van der Waals surface area contributed by atoms with Gasteiger partial charge in [0.2, 0.25) is 0 Å². The molecule has 8 heteroatoms. The summed E-state index contributed by atoms with van der Waals surface area (Å²) in [6, 6.07) is 5.80. The summed E-state index contributed by atoms with van der Waals surface area (Å²) in [5.74, 6) is -4.32. The van der Waals surface area contributed by atoms with E-state index in [0.29, 0.717) is 0 Å². The minimum atomic E-state index is -0.678. The average molecular weight is 358 g/mol. The smallest absolute Gasteiger partial charge is 0.165 e. The van der Waals surface area contributed by atoms with Crippen LogP contribution >= 0.6 is 0 Å². The Morgan fingerprint density at radius 3 is 1.31 bits per heavy atom. The topological polar surface area (TPSA) is 162 Å². The molecule has 8 nitrogen and oxygen atoms in total. The Morgan fingerprint density at radius 2 is 0.769 bits per heavy atom. The Hall–Kier alpha value is -3.94. The Morgan fingerprint density at radius 1 is 0.385 bits per heavy atom. The monoisotopic (exact) mass is 358 g/mol. The number of rotatable bonds is 2. The van der Waals surface area contributed by atoms with Crippen molar-refractivity contribution in [3.05, 3.63) is 36.4 Å². The fraction of sp³-hybridized carbons (Fsp3) is 0. The molecule has 0 aromatic heterocycles. The van der Waals surface area contributed by atoms with Gasteiger partial charge < -0.3 is 40.9 Å². The molecule has 0 spiro atoms. The van der Waals surface area contributed by atoms with E-state index < -0.39 is 46.0 Å². The molecule has 0 radical (unpaired) electrons. The number of phenolic OH excluding ortho intramolecular Hbond substituents is 8. The van der Waals surface area contributed by atoms with Crippen LogP contribution in [0, 0.1) is 0 Å². The highest BCUT2D eigenvalue weighted by Crippen LogP contribution is 2.52. The predicted octanol–water partition coefficient (Wildman–Crippen LogP) is 2.67. The molecule has 3 rings (SSSR count). The van der Waals surface area contributed by atoms with Crippen molar-refractivity contribution in [3.8, 4) is 68.2 Å². The van der Waals surface area contributed by atoms with Gasteiger partial charge >= 0.3 is 0 Å². The van der Waals surface area contributed by atoms with E-state index >= 15 is 0 Å². The van der Waals surface area contributed by atoms with Crippen LogP contribution in [0.15, 0.2) is 36.4 Å². The number of benzene rings is 3. The molecule has 0 aliphatic rings. The van der Waals surface area contributed by atoms with Crippen LogP contribution in [-0.2, 0) is 0 Å². The molecule has 134 valence electrons. The summed E-state index contributed by atoms with van der Waals surface area (Å²) in [5, 5.41) is 79.3. The molecule has 0 aliphatic carbocycles. The van der Waals surface area contributed by atoms with Gasteiger partial charge in [-0.05, 0) is 12.1 Å². The molecular weight excluding hydrogens is 344 g/mol. The Labute approximate surface area is 146 Å². The first-order chi connectivity index (χ1) is 12.2. The van der Waals surface area contributed by atoms with E-state index in [4.69, 9.17) is 0 Å². The third kappa shape index (κ3) is 2.69. The quantitative estimate of drug-likeness (QED) is 0.256. The molecule has 0 heterocycles. The van der Waals surface area contributed by atoms with Crippen molar-refractivity contribution in [1.29, 1.82) is 0 Å². The molecule has 0 saturated carbocycles. The maximum Gasteiger partial charge on any atom is 0.165 e. The van der Waals surface area contributed by atoms with E-state index in [1.807, 2.05) is 0 Å². The summed E-state index contributed by atoms with van der Waals surface area (Å²) >= 11 is 0. The maximum atomic E-state index is 10.3. The lowest BCUT2D eigenvalue weighted by atomic mass is 9.91. The Balaban J connectivity index is 2.44. The lowest BCUT2D eigenvalue weighted by Gasteiger charge is -2.17. The lowest BCUT2D eigenvalue weighted by molar-refractivity contribution is 0.397. The van der Waals surface area contributed by atoms with E-state index in [1.165, 1.54) is 0 Å². The molecule has 3 aromatic rings. The summed E-state index contributed by atoms with van der Waals surface area (Å²) in [6.45, 7) is 0. The summed E-state index contributed by atoms with van der Waals surface area (Å²) in [7, 11) is 0. The minimum Gasteiger partial charge on any atom is -0.508 e. The van der Waals surface area contributed by atoms with Crippen LogP contribution in [-0.4, -0.2) is 40.9 Å². The number of aromatic hydroxyl groups is 8. The largest absolute Gasteiger partial charge is 0.508 e. The zero-order chi connectivity index (χ0) is 19.2. The van der Waals surface area contributed by atoms with Gasteiger partial charge in [-0.25, -0.2) is 0 Å². The van der Waals surface area contributed by atoms with E-state index in [9.17, 15) is 40.9 Å². The summed E-state index contributed by atoms with van der Waals surface area (Å²) in [4.78, 5) is 0. The van der Waals surface area contributed by atoms with Crippen LogP contribution in [0.1, 0.15) is 0 Å². The predicted molar refractivity (Wildman–Crippen MR) is 90.6 cm³/mol. The van der Waals surface area contributed by atoms with E-state index in [2.05, 4.69) is 0 Å². The molecule has 26 heavy (non-hydrogen) atoms. The van der Waals surface area contributed by atoms with Gasteiger partial charge in [0.15, 0.2) is 11.5 Å². The van der Waals surface area contributed by atoms with E-state index in [-0.39, 0.29) is 22.3 Å². The standard InChI is InChI=1S/C18H14O8/c19-7-1-10(17-13(23)4-9(21)5-14(17)24)16(12(22)3-7)11-2-8(20)6-15(25)18(11)26/h1-6,19-26H. The van der Waals surface area contributed by atoms with Crippen molar-refractivity contribution >= 4 is 0 Å². The van der Waals surface area contributed by atoms with Gasteiger partial charge in [0.05, 0.1) is 5.56 Å². The summed E-state index contributed by atoms with van der Waals surface area (Å²) in [5.41, 5.74) is -0.798. The third-order valence-electron chi connectivity index (χ3n) is 3.80. The fourth-order valence-electron chi connectivity index (χ4n) is 2.76. The SMILES string of the molecule is Oc1cc(O)c(-c2cc(O)cc(O)c2-c2cc(O)cc(O)c2O)c(O)c1. The summed E-state index contributed by atoms with van der Waals surface area (Å²) in [6.07, 6.45) is 0. The van der Waals surface area contributed by atoms with Crippen molar-refractivity contribution in [2.75, 3.05) is 0 Å². The van der Waals surface area contributed by atoms with E-state index in [0.717, 1.165) is 36.4 Å². The Bertz CT molecular complexity index is 1000. The highest BCUT2D eigenvalue weighted by Gasteiger charge is 2.23. The molecule has 0 saturated heterocycles. The zero-order valence-corrected chi connectivity index (χ0v) is 13.0. The van der Waals surface area contributed by atoms with Crippen molar-refractivity contribution in [2.45, 2.75) is 0 Å². The summed E-state index contributed by atoms with van der Waals surface area (Å²) < 4.78 is 0. The first-order valence-corrected chi connectivity index (χ1v) is 7.25. The van der Waals surface area contributed by atoms with Crippen molar-refractivity contribution in [2.24, 2.45) is 0 Å². The first kappa shape index (κ1) is 16.9. The molecular formula is C18H14O8. The van der Waals surface area contributed by atoms with Gasteiger partial charge in [0, 0.05) is 41.0 Å². The maximum absolute atomic E-state index is 10.3. The van der Waals surface area contributed by atoms with Crippen molar-refractivity contribution in [3.63, 3.8) is 0 Å². The molecule has 0 fully saturated rings. The van der Waals surface area contributed by atoms with Crippen molar-refractivity contribution in [1.82, 2.24) is 0 Å². The first-order valence-electron chi connectivity index (χ1n) is 7.25. The Kier molecular flexibility index (Phi) is 3.80. The third-order valence-corrected chi connectivity index (χ3v) is 3.80. The van der Waals surface area contributed by atoms with Gasteiger partial charge in [-0.15, -0.1) is 0 Å². The van der Waals surface area contributed by atoms with Gasteiger partial charge in [-0.3, -0.25) is 0 Å². The van der Waals surface area contributed by atoms with Gasteiger partial charge in [0.25, 0.3) is 0 Å². The zero-order valence-electron chi connectivity index (χ0n) is 13.0. The highest BCUT2D eigenvalue weighted by atomic mass is 16.3.